The van der Waals surface area contributed by atoms with Crippen molar-refractivity contribution in [2.24, 2.45) is 0 Å². The van der Waals surface area contributed by atoms with Gasteiger partial charge in [-0.15, -0.1) is 0 Å². The number of likely N-dealkylation sites (N-methyl/N-ethyl adjacent to an activating group) is 1. The summed E-state index contributed by atoms with van der Waals surface area (Å²) in [6.45, 7) is 6.65. The van der Waals surface area contributed by atoms with Crippen LogP contribution < -0.4 is 4.74 Å². The summed E-state index contributed by atoms with van der Waals surface area (Å²) in [6, 6.07) is 11.5. The lowest BCUT2D eigenvalue weighted by molar-refractivity contribution is -0.140. The van der Waals surface area contributed by atoms with Crippen LogP contribution in [0.3, 0.4) is 0 Å². The van der Waals surface area contributed by atoms with Gasteiger partial charge in [0.05, 0.1) is 18.7 Å². The van der Waals surface area contributed by atoms with Gasteiger partial charge in [0, 0.05) is 18.7 Å². The fourth-order valence-corrected chi connectivity index (χ4v) is 3.80. The first kappa shape index (κ1) is 22.5. The number of carbonyl (C=O) groups is 2. The molecule has 0 spiro atoms. The summed E-state index contributed by atoms with van der Waals surface area (Å²) in [7, 11) is 1.56. The van der Waals surface area contributed by atoms with E-state index in [0.29, 0.717) is 24.4 Å². The molecule has 0 aromatic heterocycles. The summed E-state index contributed by atoms with van der Waals surface area (Å²) in [4.78, 5) is 29.6. The average Bonchev–Trinajstić information content (AvgIpc) is 3.04. The largest absolute Gasteiger partial charge is 0.507 e. The van der Waals surface area contributed by atoms with Crippen LogP contribution in [0.2, 0.25) is 0 Å². The Bertz CT molecular complexity index is 966. The molecule has 164 valence electrons. The van der Waals surface area contributed by atoms with E-state index < -0.39 is 23.5 Å². The summed E-state index contributed by atoms with van der Waals surface area (Å²) in [5, 5.41) is 10.9. The molecule has 1 heterocycles. The Kier molecular flexibility index (Phi) is 7.07. The van der Waals surface area contributed by atoms with Crippen molar-refractivity contribution in [3.63, 3.8) is 0 Å². The minimum Gasteiger partial charge on any atom is -0.507 e. The van der Waals surface area contributed by atoms with E-state index in [2.05, 4.69) is 4.90 Å². The van der Waals surface area contributed by atoms with Crippen molar-refractivity contribution in [3.05, 3.63) is 71.0 Å². The number of carbonyl (C=O) groups excluding carboxylic acids is 2. The summed E-state index contributed by atoms with van der Waals surface area (Å²) in [6.07, 6.45) is 0. The van der Waals surface area contributed by atoms with E-state index in [1.54, 1.807) is 31.4 Å². The number of aliphatic hydroxyl groups is 1. The van der Waals surface area contributed by atoms with Crippen molar-refractivity contribution < 1.29 is 23.8 Å². The summed E-state index contributed by atoms with van der Waals surface area (Å²) >= 11 is 0. The van der Waals surface area contributed by atoms with Crippen LogP contribution in [0.5, 0.6) is 5.75 Å². The maximum atomic E-state index is 13.3. The number of hydrogen-bond donors (Lipinski definition) is 1. The Labute approximate surface area is 181 Å². The fourth-order valence-electron chi connectivity index (χ4n) is 3.80. The number of likely N-dealkylation sites (tertiary alicyclic amines) is 1. The Balaban J connectivity index is 2.08. The zero-order valence-corrected chi connectivity index (χ0v) is 18.0. The van der Waals surface area contributed by atoms with Crippen molar-refractivity contribution in [2.45, 2.75) is 19.9 Å². The van der Waals surface area contributed by atoms with Gasteiger partial charge in [-0.3, -0.25) is 9.59 Å². The van der Waals surface area contributed by atoms with E-state index in [1.807, 2.05) is 13.8 Å². The monoisotopic (exact) mass is 426 g/mol. The predicted molar refractivity (Wildman–Crippen MR) is 116 cm³/mol. The minimum absolute atomic E-state index is 0.00122. The van der Waals surface area contributed by atoms with Gasteiger partial charge in [-0.25, -0.2) is 4.39 Å². The van der Waals surface area contributed by atoms with Gasteiger partial charge in [-0.1, -0.05) is 26.0 Å². The second-order valence-electron chi connectivity index (χ2n) is 7.30. The second kappa shape index (κ2) is 9.75. The normalized spacial score (nSPS) is 18.1. The topological polar surface area (TPSA) is 70.1 Å². The molecular formula is C24H27FN2O4. The number of hydrogen-bond acceptors (Lipinski definition) is 5. The first-order chi connectivity index (χ1) is 14.9. The molecular weight excluding hydrogens is 399 g/mol. The lowest BCUT2D eigenvalue weighted by Gasteiger charge is -2.28. The molecule has 1 amide bonds. The first-order valence-corrected chi connectivity index (χ1v) is 10.3. The molecule has 1 aliphatic heterocycles. The molecule has 1 N–H and O–H groups in total. The molecule has 1 saturated heterocycles. The highest BCUT2D eigenvalue weighted by Crippen LogP contribution is 2.39. The second-order valence-corrected chi connectivity index (χ2v) is 7.30. The maximum Gasteiger partial charge on any atom is 0.295 e. The number of amides is 1. The molecule has 1 aliphatic rings. The maximum absolute atomic E-state index is 13.3. The highest BCUT2D eigenvalue weighted by molar-refractivity contribution is 6.46. The number of nitrogens with zero attached hydrogens (tertiary/aromatic N) is 2. The molecule has 3 rings (SSSR count). The lowest BCUT2D eigenvalue weighted by atomic mass is 9.95. The van der Waals surface area contributed by atoms with Gasteiger partial charge < -0.3 is 19.6 Å². The van der Waals surface area contributed by atoms with Crippen LogP contribution in [0.4, 0.5) is 4.39 Å². The van der Waals surface area contributed by atoms with E-state index in [1.165, 1.54) is 29.2 Å². The number of Topliss-reactive ketones (excluding diaryl/α,β-unsaturated/α-hetero) is 1. The zero-order valence-electron chi connectivity index (χ0n) is 18.0. The molecule has 0 bridgehead atoms. The van der Waals surface area contributed by atoms with E-state index in [4.69, 9.17) is 4.74 Å². The average molecular weight is 426 g/mol. The smallest absolute Gasteiger partial charge is 0.295 e. The third-order valence-electron chi connectivity index (χ3n) is 5.64. The SMILES string of the molecule is CCN(CC)CCN1C(=O)C(=O)/C(=C(\O)c2ccc(F)cc2)C1c1ccc(OC)cc1. The van der Waals surface area contributed by atoms with E-state index in [9.17, 15) is 19.1 Å². The number of halogens is 1. The highest BCUT2D eigenvalue weighted by Gasteiger charge is 2.45. The molecule has 2 aromatic rings. The van der Waals surface area contributed by atoms with Crippen molar-refractivity contribution >= 4 is 17.4 Å². The van der Waals surface area contributed by atoms with E-state index in [-0.39, 0.29) is 16.9 Å². The molecule has 1 unspecified atom stereocenters. The first-order valence-electron chi connectivity index (χ1n) is 10.3. The summed E-state index contributed by atoms with van der Waals surface area (Å²) < 4.78 is 18.6. The molecule has 1 atom stereocenters. The van der Waals surface area contributed by atoms with Gasteiger partial charge in [0.1, 0.15) is 17.3 Å². The van der Waals surface area contributed by atoms with Crippen LogP contribution in [0.1, 0.15) is 31.0 Å². The Hall–Kier alpha value is -3.19. The third kappa shape index (κ3) is 4.61. The minimum atomic E-state index is -0.748. The van der Waals surface area contributed by atoms with Gasteiger partial charge in [-0.2, -0.15) is 0 Å². The van der Waals surface area contributed by atoms with Crippen LogP contribution in [0, 0.1) is 5.82 Å². The van der Waals surface area contributed by atoms with Crippen molar-refractivity contribution in [2.75, 3.05) is 33.3 Å². The van der Waals surface area contributed by atoms with Crippen LogP contribution in [0.25, 0.3) is 5.76 Å². The highest BCUT2D eigenvalue weighted by atomic mass is 19.1. The van der Waals surface area contributed by atoms with Gasteiger partial charge in [0.2, 0.25) is 0 Å². The van der Waals surface area contributed by atoms with E-state index >= 15 is 0 Å². The number of ketones is 1. The third-order valence-corrected chi connectivity index (χ3v) is 5.64. The van der Waals surface area contributed by atoms with Crippen LogP contribution in [-0.4, -0.2) is 59.9 Å². The number of ether oxygens (including phenoxy) is 1. The quantitative estimate of drug-likeness (QED) is 0.397. The number of methoxy groups -OCH3 is 1. The number of aliphatic hydroxyl groups excluding tert-OH is 1. The fraction of sp³-hybridized carbons (Fsp3) is 0.333. The van der Waals surface area contributed by atoms with Crippen molar-refractivity contribution in [3.8, 4) is 5.75 Å². The van der Waals surface area contributed by atoms with Crippen LogP contribution in [-0.2, 0) is 9.59 Å². The van der Waals surface area contributed by atoms with Gasteiger partial charge >= 0.3 is 0 Å². The molecule has 0 aliphatic carbocycles. The predicted octanol–water partition coefficient (Wildman–Crippen LogP) is 3.60. The molecule has 2 aromatic carbocycles. The lowest BCUT2D eigenvalue weighted by Crippen LogP contribution is -2.38. The molecule has 31 heavy (non-hydrogen) atoms. The van der Waals surface area contributed by atoms with Gasteiger partial charge in [0.15, 0.2) is 0 Å². The number of rotatable bonds is 8. The van der Waals surface area contributed by atoms with Crippen LogP contribution >= 0.6 is 0 Å². The Morgan fingerprint density at radius 3 is 2.23 bits per heavy atom. The molecule has 6 nitrogen and oxygen atoms in total. The molecule has 0 radical (unpaired) electrons. The zero-order chi connectivity index (χ0) is 22.5. The van der Waals surface area contributed by atoms with E-state index in [0.717, 1.165) is 13.1 Å². The standard InChI is InChI=1S/C24H27FN2O4/c1-4-26(5-2)14-15-27-21(16-8-12-19(31-3)13-9-16)20(23(29)24(27)30)22(28)17-6-10-18(25)11-7-17/h6-13,21,28H,4-5,14-15H2,1-3H3/b22-20-. The number of benzene rings is 2. The molecule has 7 heteroatoms. The summed E-state index contributed by atoms with van der Waals surface area (Å²) in [5.74, 6) is -1.53. The molecule has 1 fully saturated rings. The van der Waals surface area contributed by atoms with Gasteiger partial charge in [0.25, 0.3) is 11.7 Å². The van der Waals surface area contributed by atoms with Crippen molar-refractivity contribution in [1.29, 1.82) is 0 Å². The van der Waals surface area contributed by atoms with Crippen molar-refractivity contribution in [1.82, 2.24) is 9.80 Å². The van der Waals surface area contributed by atoms with Crippen LogP contribution in [0.15, 0.2) is 54.1 Å². The Morgan fingerprint density at radius 2 is 1.68 bits per heavy atom. The van der Waals surface area contributed by atoms with Gasteiger partial charge in [-0.05, 0) is 55.1 Å². The summed E-state index contributed by atoms with van der Waals surface area (Å²) in [5.41, 5.74) is 0.964. The molecule has 0 saturated carbocycles. The Morgan fingerprint density at radius 1 is 1.06 bits per heavy atom.